The van der Waals surface area contributed by atoms with Crippen molar-refractivity contribution < 1.29 is 4.43 Å². The smallest absolute Gasteiger partial charge is 0.192 e. The second-order valence-corrected chi connectivity index (χ2v) is 14.7. The van der Waals surface area contributed by atoms with Crippen LogP contribution in [0.4, 0.5) is 0 Å². The molecule has 5 heteroatoms. The predicted octanol–water partition coefficient (Wildman–Crippen LogP) is 6.97. The maximum Gasteiger partial charge on any atom is 0.192 e. The summed E-state index contributed by atoms with van der Waals surface area (Å²) in [5.41, 5.74) is 0.446. The molecule has 0 aliphatic carbocycles. The molecule has 0 saturated heterocycles. The van der Waals surface area contributed by atoms with Crippen LogP contribution in [-0.4, -0.2) is 89.0 Å². The van der Waals surface area contributed by atoms with Crippen molar-refractivity contribution in [1.29, 1.82) is 0 Å². The molecule has 0 spiro atoms. The van der Waals surface area contributed by atoms with Crippen molar-refractivity contribution in [2.45, 2.75) is 112 Å². The molecule has 0 rings (SSSR count). The highest BCUT2D eigenvalue weighted by atomic mass is 28.4. The predicted molar refractivity (Wildman–Crippen MR) is 152 cm³/mol. The zero-order valence-corrected chi connectivity index (χ0v) is 25.5. The van der Waals surface area contributed by atoms with E-state index in [0.717, 1.165) is 0 Å². The lowest BCUT2D eigenvalue weighted by Crippen LogP contribution is -2.43. The minimum atomic E-state index is -1.68. The van der Waals surface area contributed by atoms with Crippen molar-refractivity contribution in [3.05, 3.63) is 0 Å². The largest absolute Gasteiger partial charge is 0.420 e. The highest BCUT2D eigenvalue weighted by molar-refractivity contribution is 6.73. The Hall–Kier alpha value is 0.0569. The molecule has 0 aliphatic rings. The van der Waals surface area contributed by atoms with E-state index in [2.05, 4.69) is 70.1 Å². The topological polar surface area (TPSA) is 19.0 Å². The molecular formula is C28H63N3OSi. The first-order chi connectivity index (χ1) is 15.9. The maximum absolute atomic E-state index is 6.41. The highest BCUT2D eigenvalue weighted by Crippen LogP contribution is 2.45. The Morgan fingerprint density at radius 3 is 1.06 bits per heavy atom. The van der Waals surface area contributed by atoms with Crippen LogP contribution in [0.3, 0.4) is 0 Å². The van der Waals surface area contributed by atoms with Gasteiger partial charge in [0, 0.05) is 7.11 Å². The fourth-order valence-electron chi connectivity index (χ4n) is 5.84. The van der Waals surface area contributed by atoms with Gasteiger partial charge in [0.2, 0.25) is 0 Å². The SMILES string of the molecule is CCN(CC)CCCC(CCCN(CC)CC)(CCCN(CC)CC)C[Si](CC)(CC)OC. The van der Waals surface area contributed by atoms with Crippen LogP contribution in [0.2, 0.25) is 18.1 Å². The molecule has 0 radical (unpaired) electrons. The van der Waals surface area contributed by atoms with Gasteiger partial charge in [-0.25, -0.2) is 0 Å². The van der Waals surface area contributed by atoms with Gasteiger partial charge in [-0.2, -0.15) is 0 Å². The van der Waals surface area contributed by atoms with Gasteiger partial charge in [-0.15, -0.1) is 0 Å². The third-order valence-electron chi connectivity index (χ3n) is 8.65. The minimum Gasteiger partial charge on any atom is -0.420 e. The monoisotopic (exact) mass is 485 g/mol. The number of nitrogens with zero attached hydrogens (tertiary/aromatic N) is 3. The zero-order valence-electron chi connectivity index (χ0n) is 24.5. The number of hydrogen-bond acceptors (Lipinski definition) is 4. The van der Waals surface area contributed by atoms with Crippen LogP contribution in [0.5, 0.6) is 0 Å². The lowest BCUT2D eigenvalue weighted by atomic mass is 9.76. The van der Waals surface area contributed by atoms with E-state index in [1.54, 1.807) is 0 Å². The molecule has 0 N–H and O–H groups in total. The third-order valence-corrected chi connectivity index (χ3v) is 13.5. The number of hydrogen-bond donors (Lipinski definition) is 0. The standard InChI is InChI=1S/C28H63N3OSi/c1-10-29(11-2)24-18-21-28(22-19-25-30(12-3)13-4,23-20-26-31(14-5)15-6)27-33(16-7,17-8)32-9/h10-27H2,1-9H3. The first-order valence-corrected chi connectivity index (χ1v) is 17.1. The van der Waals surface area contributed by atoms with Crippen molar-refractivity contribution >= 4 is 8.32 Å². The molecule has 0 aromatic carbocycles. The van der Waals surface area contributed by atoms with Gasteiger partial charge in [0.15, 0.2) is 8.32 Å². The number of rotatable bonds is 23. The van der Waals surface area contributed by atoms with E-state index < -0.39 is 8.32 Å². The van der Waals surface area contributed by atoms with Gasteiger partial charge in [-0.3, -0.25) is 0 Å². The lowest BCUT2D eigenvalue weighted by molar-refractivity contribution is 0.174. The zero-order chi connectivity index (χ0) is 25.2. The minimum absolute atomic E-state index is 0.446. The van der Waals surface area contributed by atoms with Gasteiger partial charge in [-0.1, -0.05) is 55.4 Å². The third kappa shape index (κ3) is 12.5. The lowest BCUT2D eigenvalue weighted by Gasteiger charge is -2.42. The van der Waals surface area contributed by atoms with Crippen molar-refractivity contribution in [3.8, 4) is 0 Å². The van der Waals surface area contributed by atoms with Gasteiger partial charge >= 0.3 is 0 Å². The Kier molecular flexibility index (Phi) is 19.3. The molecule has 0 amide bonds. The fourth-order valence-corrected chi connectivity index (χ4v) is 9.46. The summed E-state index contributed by atoms with van der Waals surface area (Å²) in [5.74, 6) is 0. The van der Waals surface area contributed by atoms with Gasteiger partial charge in [-0.05, 0) is 121 Å². The van der Waals surface area contributed by atoms with Crippen molar-refractivity contribution in [3.63, 3.8) is 0 Å². The van der Waals surface area contributed by atoms with Crippen LogP contribution in [-0.2, 0) is 4.43 Å². The first-order valence-electron chi connectivity index (χ1n) is 14.6. The Labute approximate surface area is 210 Å². The first kappa shape index (κ1) is 33.1. The molecule has 0 bridgehead atoms. The molecule has 0 unspecified atom stereocenters. The van der Waals surface area contributed by atoms with E-state index in [9.17, 15) is 0 Å². The van der Waals surface area contributed by atoms with Gasteiger partial charge in [0.1, 0.15) is 0 Å². The molecule has 4 nitrogen and oxygen atoms in total. The Balaban J connectivity index is 5.69. The van der Waals surface area contributed by atoms with Crippen LogP contribution in [0.25, 0.3) is 0 Å². The summed E-state index contributed by atoms with van der Waals surface area (Å²) < 4.78 is 6.41. The van der Waals surface area contributed by atoms with Gasteiger partial charge in [0.25, 0.3) is 0 Å². The molecular weight excluding hydrogens is 422 g/mol. The summed E-state index contributed by atoms with van der Waals surface area (Å²) in [5, 5.41) is 0. The average molecular weight is 486 g/mol. The van der Waals surface area contributed by atoms with E-state index >= 15 is 0 Å². The summed E-state index contributed by atoms with van der Waals surface area (Å²) in [6, 6.07) is 3.87. The van der Waals surface area contributed by atoms with Crippen LogP contribution < -0.4 is 0 Å². The van der Waals surface area contributed by atoms with Crippen molar-refractivity contribution in [1.82, 2.24) is 14.7 Å². The molecule has 0 fully saturated rings. The van der Waals surface area contributed by atoms with E-state index in [0.29, 0.717) is 5.41 Å². The van der Waals surface area contributed by atoms with Crippen LogP contribution in [0, 0.1) is 5.41 Å². The molecule has 0 aromatic heterocycles. The van der Waals surface area contributed by atoms with E-state index in [4.69, 9.17) is 4.43 Å². The summed E-state index contributed by atoms with van der Waals surface area (Å²) in [4.78, 5) is 7.83. The van der Waals surface area contributed by atoms with E-state index in [1.807, 2.05) is 7.11 Å². The van der Waals surface area contributed by atoms with Crippen LogP contribution in [0.15, 0.2) is 0 Å². The Bertz CT molecular complexity index is 379. The van der Waals surface area contributed by atoms with E-state index in [1.165, 1.54) is 116 Å². The summed E-state index contributed by atoms with van der Waals surface area (Å²) >= 11 is 0. The van der Waals surface area contributed by atoms with Crippen LogP contribution >= 0.6 is 0 Å². The Morgan fingerprint density at radius 2 is 0.848 bits per heavy atom. The maximum atomic E-state index is 6.41. The Morgan fingerprint density at radius 1 is 0.545 bits per heavy atom. The summed E-state index contributed by atoms with van der Waals surface area (Å²) in [6.07, 6.45) is 8.12. The van der Waals surface area contributed by atoms with E-state index in [-0.39, 0.29) is 0 Å². The molecule has 33 heavy (non-hydrogen) atoms. The highest BCUT2D eigenvalue weighted by Gasteiger charge is 2.41. The molecule has 200 valence electrons. The normalized spacial score (nSPS) is 13.1. The van der Waals surface area contributed by atoms with Crippen LogP contribution in [0.1, 0.15) is 93.9 Å². The second kappa shape index (κ2) is 19.3. The average Bonchev–Trinajstić information content (AvgIpc) is 2.86. The second-order valence-electron chi connectivity index (χ2n) is 10.2. The molecule has 0 aliphatic heterocycles. The quantitative estimate of drug-likeness (QED) is 0.145. The van der Waals surface area contributed by atoms with Crippen molar-refractivity contribution in [2.75, 3.05) is 66.0 Å². The van der Waals surface area contributed by atoms with Gasteiger partial charge in [0.05, 0.1) is 0 Å². The molecule has 0 saturated carbocycles. The molecule has 0 aromatic rings. The fraction of sp³-hybridized carbons (Fsp3) is 1.00. The summed E-state index contributed by atoms with van der Waals surface area (Å²) in [6.45, 7) is 29.4. The van der Waals surface area contributed by atoms with Crippen molar-refractivity contribution in [2.24, 2.45) is 5.41 Å². The summed E-state index contributed by atoms with van der Waals surface area (Å²) in [7, 11) is 0.345. The van der Waals surface area contributed by atoms with Gasteiger partial charge < -0.3 is 19.1 Å². The molecule has 0 atom stereocenters. The molecule has 0 heterocycles.